The number of aromatic nitrogens is 1. The van der Waals surface area contributed by atoms with Crippen molar-refractivity contribution in [3.63, 3.8) is 0 Å². The number of benzene rings is 1. The van der Waals surface area contributed by atoms with E-state index >= 15 is 0 Å². The molecule has 0 saturated carbocycles. The Bertz CT molecular complexity index is 721. The summed E-state index contributed by atoms with van der Waals surface area (Å²) in [7, 11) is 1.78. The Labute approximate surface area is 184 Å². The molecular formula is C21H29IN4O2. The van der Waals surface area contributed by atoms with E-state index in [-0.39, 0.29) is 30.1 Å². The van der Waals surface area contributed by atoms with E-state index in [9.17, 15) is 0 Å². The lowest BCUT2D eigenvalue weighted by Gasteiger charge is -2.13. The molecule has 1 saturated heterocycles. The van der Waals surface area contributed by atoms with Gasteiger partial charge in [0.2, 0.25) is 0 Å². The molecule has 1 aromatic carbocycles. The highest BCUT2D eigenvalue weighted by molar-refractivity contribution is 14.0. The molecule has 6 nitrogen and oxygen atoms in total. The second-order valence-corrected chi connectivity index (χ2v) is 6.48. The molecule has 0 bridgehead atoms. The highest BCUT2D eigenvalue weighted by Crippen LogP contribution is 2.17. The molecule has 0 aliphatic carbocycles. The van der Waals surface area contributed by atoms with Crippen molar-refractivity contribution in [3.05, 3.63) is 54.2 Å². The number of guanidine groups is 1. The van der Waals surface area contributed by atoms with Gasteiger partial charge in [0.15, 0.2) is 5.96 Å². The third-order valence-corrected chi connectivity index (χ3v) is 4.43. The van der Waals surface area contributed by atoms with Gasteiger partial charge in [0.05, 0.1) is 18.4 Å². The van der Waals surface area contributed by atoms with Crippen LogP contribution in [0.2, 0.25) is 0 Å². The van der Waals surface area contributed by atoms with Crippen molar-refractivity contribution in [1.29, 1.82) is 0 Å². The summed E-state index contributed by atoms with van der Waals surface area (Å²) in [5.74, 6) is 0.794. The molecule has 1 atom stereocenters. The monoisotopic (exact) mass is 496 g/mol. The maximum absolute atomic E-state index is 5.77. The van der Waals surface area contributed by atoms with Crippen molar-refractivity contribution in [1.82, 2.24) is 15.6 Å². The topological polar surface area (TPSA) is 67.8 Å². The molecule has 28 heavy (non-hydrogen) atoms. The van der Waals surface area contributed by atoms with E-state index in [1.807, 2.05) is 24.4 Å². The highest BCUT2D eigenvalue weighted by Gasteiger charge is 2.15. The van der Waals surface area contributed by atoms with E-state index in [0.717, 1.165) is 56.4 Å². The van der Waals surface area contributed by atoms with Crippen LogP contribution in [0.1, 0.15) is 18.4 Å². The van der Waals surface area contributed by atoms with Crippen LogP contribution in [0.15, 0.2) is 53.7 Å². The number of halogens is 1. The summed E-state index contributed by atoms with van der Waals surface area (Å²) in [5, 5.41) is 6.68. The zero-order valence-corrected chi connectivity index (χ0v) is 18.6. The summed E-state index contributed by atoms with van der Waals surface area (Å²) in [5.41, 5.74) is 3.28. The SMILES string of the molecule is CN=C(NCCCOC1CCOC1)NCc1cccc(-c2ccccn2)c1.I. The Morgan fingerprint density at radius 3 is 2.93 bits per heavy atom. The van der Waals surface area contributed by atoms with Crippen LogP contribution < -0.4 is 10.6 Å². The maximum Gasteiger partial charge on any atom is 0.191 e. The van der Waals surface area contributed by atoms with Gasteiger partial charge in [-0.3, -0.25) is 9.98 Å². The second-order valence-electron chi connectivity index (χ2n) is 6.48. The fraction of sp³-hybridized carbons (Fsp3) is 0.429. The molecule has 0 spiro atoms. The first kappa shape index (κ1) is 22.6. The Hall–Kier alpha value is -1.71. The Morgan fingerprint density at radius 1 is 1.25 bits per heavy atom. The Morgan fingerprint density at radius 2 is 2.18 bits per heavy atom. The van der Waals surface area contributed by atoms with E-state index in [4.69, 9.17) is 9.47 Å². The minimum absolute atomic E-state index is 0. The van der Waals surface area contributed by atoms with Crippen LogP contribution in [-0.4, -0.2) is 50.5 Å². The van der Waals surface area contributed by atoms with Gasteiger partial charge in [-0.1, -0.05) is 24.3 Å². The number of hydrogen-bond acceptors (Lipinski definition) is 4. The molecule has 0 amide bonds. The summed E-state index contributed by atoms with van der Waals surface area (Å²) < 4.78 is 11.1. The molecule has 1 aliphatic rings. The molecule has 152 valence electrons. The van der Waals surface area contributed by atoms with Crippen LogP contribution in [0.3, 0.4) is 0 Å². The molecule has 1 aliphatic heterocycles. The number of rotatable bonds is 8. The van der Waals surface area contributed by atoms with Crippen molar-refractivity contribution in [2.45, 2.75) is 25.5 Å². The average Bonchev–Trinajstić information content (AvgIpc) is 3.24. The predicted octanol–water partition coefficient (Wildman–Crippen LogP) is 3.23. The summed E-state index contributed by atoms with van der Waals surface area (Å²) >= 11 is 0. The summed E-state index contributed by atoms with van der Waals surface area (Å²) in [6.45, 7) is 3.82. The lowest BCUT2D eigenvalue weighted by Crippen LogP contribution is -2.37. The van der Waals surface area contributed by atoms with E-state index < -0.39 is 0 Å². The van der Waals surface area contributed by atoms with Crippen LogP contribution in [-0.2, 0) is 16.0 Å². The summed E-state index contributed by atoms with van der Waals surface area (Å²) in [6, 6.07) is 14.3. The van der Waals surface area contributed by atoms with Gasteiger partial charge in [0.1, 0.15) is 0 Å². The molecule has 1 aromatic heterocycles. The van der Waals surface area contributed by atoms with Gasteiger partial charge in [-0.25, -0.2) is 0 Å². The largest absolute Gasteiger partial charge is 0.379 e. The van der Waals surface area contributed by atoms with E-state index in [1.54, 1.807) is 7.05 Å². The normalized spacial score (nSPS) is 16.5. The lowest BCUT2D eigenvalue weighted by molar-refractivity contribution is 0.0420. The van der Waals surface area contributed by atoms with Crippen molar-refractivity contribution in [2.75, 3.05) is 33.4 Å². The molecule has 3 rings (SSSR count). The minimum atomic E-state index is 0. The quantitative estimate of drug-likeness (QED) is 0.254. The number of pyridine rings is 1. The van der Waals surface area contributed by atoms with Crippen LogP contribution >= 0.6 is 24.0 Å². The van der Waals surface area contributed by atoms with Crippen molar-refractivity contribution < 1.29 is 9.47 Å². The van der Waals surface area contributed by atoms with Gasteiger partial charge in [-0.05, 0) is 36.6 Å². The zero-order chi connectivity index (χ0) is 18.7. The first-order valence-electron chi connectivity index (χ1n) is 9.49. The number of ether oxygens (including phenoxy) is 2. The smallest absolute Gasteiger partial charge is 0.191 e. The van der Waals surface area contributed by atoms with Crippen LogP contribution in [0.25, 0.3) is 11.3 Å². The molecular weight excluding hydrogens is 467 g/mol. The number of nitrogens with one attached hydrogen (secondary N) is 2. The van der Waals surface area contributed by atoms with Crippen molar-refractivity contribution in [2.24, 2.45) is 4.99 Å². The predicted molar refractivity (Wildman–Crippen MR) is 123 cm³/mol. The highest BCUT2D eigenvalue weighted by atomic mass is 127. The van der Waals surface area contributed by atoms with Crippen LogP contribution in [0.5, 0.6) is 0 Å². The first-order valence-corrected chi connectivity index (χ1v) is 9.49. The van der Waals surface area contributed by atoms with Gasteiger partial charge in [0, 0.05) is 45.1 Å². The minimum Gasteiger partial charge on any atom is -0.379 e. The number of aliphatic imine (C=N–C) groups is 1. The Kier molecular flexibility index (Phi) is 10.2. The lowest BCUT2D eigenvalue weighted by atomic mass is 10.1. The van der Waals surface area contributed by atoms with Gasteiger partial charge in [0.25, 0.3) is 0 Å². The zero-order valence-electron chi connectivity index (χ0n) is 16.3. The third kappa shape index (κ3) is 7.37. The van der Waals surface area contributed by atoms with Gasteiger partial charge in [-0.15, -0.1) is 24.0 Å². The maximum atomic E-state index is 5.77. The van der Waals surface area contributed by atoms with Gasteiger partial charge in [-0.2, -0.15) is 0 Å². The van der Waals surface area contributed by atoms with E-state index in [1.165, 1.54) is 5.56 Å². The summed E-state index contributed by atoms with van der Waals surface area (Å²) in [6.07, 6.45) is 4.03. The standard InChI is InChI=1S/C21H28N4O2.HI/c1-22-21(24-11-5-12-27-19-9-13-26-16-19)25-15-17-6-4-7-18(14-17)20-8-2-3-10-23-20;/h2-4,6-8,10,14,19H,5,9,11-13,15-16H2,1H3,(H2,22,24,25);1H. The fourth-order valence-corrected chi connectivity index (χ4v) is 2.95. The molecule has 7 heteroatoms. The van der Waals surface area contributed by atoms with Gasteiger partial charge >= 0.3 is 0 Å². The van der Waals surface area contributed by atoms with Crippen LogP contribution in [0.4, 0.5) is 0 Å². The summed E-state index contributed by atoms with van der Waals surface area (Å²) in [4.78, 5) is 8.69. The molecule has 1 fully saturated rings. The number of nitrogens with zero attached hydrogens (tertiary/aromatic N) is 2. The Balaban J connectivity index is 0.00000280. The van der Waals surface area contributed by atoms with Crippen molar-refractivity contribution >= 4 is 29.9 Å². The average molecular weight is 496 g/mol. The first-order chi connectivity index (χ1) is 13.3. The van der Waals surface area contributed by atoms with E-state index in [2.05, 4.69) is 44.9 Å². The van der Waals surface area contributed by atoms with Crippen LogP contribution in [0, 0.1) is 0 Å². The molecule has 1 unspecified atom stereocenters. The fourth-order valence-electron chi connectivity index (χ4n) is 2.95. The molecule has 0 radical (unpaired) electrons. The molecule has 2 heterocycles. The van der Waals surface area contributed by atoms with Crippen molar-refractivity contribution in [3.8, 4) is 11.3 Å². The molecule has 2 aromatic rings. The van der Waals surface area contributed by atoms with Gasteiger partial charge < -0.3 is 20.1 Å². The third-order valence-electron chi connectivity index (χ3n) is 4.43. The second kappa shape index (κ2) is 12.7. The van der Waals surface area contributed by atoms with E-state index in [0.29, 0.717) is 6.54 Å². The molecule has 2 N–H and O–H groups in total. The number of hydrogen-bond donors (Lipinski definition) is 2.